The van der Waals surface area contributed by atoms with Gasteiger partial charge in [-0.3, -0.25) is 25.4 Å². The first kappa shape index (κ1) is 20.0. The molecule has 0 aliphatic carbocycles. The molecule has 0 aliphatic heterocycles. The highest BCUT2D eigenvalue weighted by molar-refractivity contribution is 5.96. The Labute approximate surface area is 178 Å². The number of hydrazine groups is 1. The predicted octanol–water partition coefficient (Wildman–Crippen LogP) is 4.12. The number of nitrogens with zero attached hydrogens (tertiary/aromatic N) is 1. The van der Waals surface area contributed by atoms with E-state index in [1.807, 2.05) is 30.3 Å². The quantitative estimate of drug-likeness (QED) is 0.429. The van der Waals surface area contributed by atoms with Crippen molar-refractivity contribution in [3.63, 3.8) is 0 Å². The van der Waals surface area contributed by atoms with Crippen molar-refractivity contribution >= 4 is 34.1 Å². The summed E-state index contributed by atoms with van der Waals surface area (Å²) in [6.45, 7) is 0. The van der Waals surface area contributed by atoms with E-state index in [2.05, 4.69) is 21.2 Å². The van der Waals surface area contributed by atoms with E-state index in [1.165, 1.54) is 18.2 Å². The minimum atomic E-state index is -0.450. The minimum absolute atomic E-state index is 0.0409. The number of para-hydroxylation sites is 1. The zero-order valence-electron chi connectivity index (χ0n) is 16.4. The Morgan fingerprint density at radius 1 is 0.871 bits per heavy atom. The molecule has 1 aromatic heterocycles. The summed E-state index contributed by atoms with van der Waals surface area (Å²) in [5.74, 6) is -1.31. The number of anilines is 2. The molecule has 3 N–H and O–H groups in total. The van der Waals surface area contributed by atoms with Crippen molar-refractivity contribution in [1.82, 2.24) is 15.8 Å². The van der Waals surface area contributed by atoms with E-state index >= 15 is 0 Å². The smallest absolute Gasteiger partial charge is 0.269 e. The lowest BCUT2D eigenvalue weighted by Gasteiger charge is -2.11. The second kappa shape index (κ2) is 9.04. The molecule has 1 heterocycles. The molecular weight excluding hydrogens is 395 g/mol. The summed E-state index contributed by atoms with van der Waals surface area (Å²) < 4.78 is 13.2. The molecule has 2 amide bonds. The van der Waals surface area contributed by atoms with Crippen molar-refractivity contribution in [1.29, 1.82) is 0 Å². The van der Waals surface area contributed by atoms with Crippen LogP contribution in [0.1, 0.15) is 15.9 Å². The van der Waals surface area contributed by atoms with Gasteiger partial charge in [-0.25, -0.2) is 4.39 Å². The number of halogens is 1. The maximum absolute atomic E-state index is 13.2. The number of rotatable bonds is 5. The molecular formula is C24H19FN4O2. The topological polar surface area (TPSA) is 83.1 Å². The number of benzene rings is 3. The van der Waals surface area contributed by atoms with Crippen molar-refractivity contribution in [2.45, 2.75) is 6.42 Å². The molecule has 0 fully saturated rings. The molecule has 4 aromatic rings. The molecule has 0 saturated carbocycles. The number of carbonyl (C=O) groups excluding carboxylic acids is 2. The van der Waals surface area contributed by atoms with Crippen LogP contribution in [0.4, 0.5) is 15.8 Å². The van der Waals surface area contributed by atoms with Crippen molar-refractivity contribution < 1.29 is 14.0 Å². The monoisotopic (exact) mass is 414 g/mol. The third-order valence-corrected chi connectivity index (χ3v) is 4.64. The van der Waals surface area contributed by atoms with Crippen LogP contribution in [0.2, 0.25) is 0 Å². The van der Waals surface area contributed by atoms with Crippen LogP contribution in [-0.4, -0.2) is 16.8 Å². The molecule has 0 atom stereocenters. The standard InChI is InChI=1S/C24H19FN4O2/c25-18-5-3-4-16(14-18)15-23(30)28-29-24(31)17-8-10-19(11-9-17)27-22-12-13-26-21-7-2-1-6-20(21)22/h1-14H,15H2,(H,26,27)(H,28,30)(H,29,31). The summed E-state index contributed by atoms with van der Waals surface area (Å²) in [4.78, 5) is 28.6. The largest absolute Gasteiger partial charge is 0.355 e. The Morgan fingerprint density at radius 3 is 2.48 bits per heavy atom. The van der Waals surface area contributed by atoms with Gasteiger partial charge >= 0.3 is 0 Å². The van der Waals surface area contributed by atoms with E-state index in [4.69, 9.17) is 0 Å². The maximum Gasteiger partial charge on any atom is 0.269 e. The summed E-state index contributed by atoms with van der Waals surface area (Å²) in [5.41, 5.74) is 8.22. The third-order valence-electron chi connectivity index (χ3n) is 4.64. The number of nitrogens with one attached hydrogen (secondary N) is 3. The normalized spacial score (nSPS) is 10.5. The third kappa shape index (κ3) is 5.02. The number of fused-ring (bicyclic) bond motifs is 1. The highest BCUT2D eigenvalue weighted by Gasteiger charge is 2.09. The molecule has 6 nitrogen and oxygen atoms in total. The Kier molecular flexibility index (Phi) is 5.84. The Hall–Kier alpha value is -4.26. The van der Waals surface area contributed by atoms with Gasteiger partial charge in [0.25, 0.3) is 5.91 Å². The van der Waals surface area contributed by atoms with Crippen LogP contribution < -0.4 is 16.2 Å². The van der Waals surface area contributed by atoms with Gasteiger partial charge in [0, 0.05) is 28.5 Å². The first-order valence-electron chi connectivity index (χ1n) is 9.63. The molecule has 0 bridgehead atoms. The highest BCUT2D eigenvalue weighted by Crippen LogP contribution is 2.24. The predicted molar refractivity (Wildman–Crippen MR) is 117 cm³/mol. The van der Waals surface area contributed by atoms with Gasteiger partial charge in [-0.2, -0.15) is 0 Å². The van der Waals surface area contributed by atoms with E-state index in [9.17, 15) is 14.0 Å². The Bertz CT molecular complexity index is 1240. The van der Waals surface area contributed by atoms with Gasteiger partial charge in [0.2, 0.25) is 5.91 Å². The van der Waals surface area contributed by atoms with Gasteiger partial charge in [-0.05, 0) is 54.1 Å². The van der Waals surface area contributed by atoms with Gasteiger partial charge in [0.05, 0.1) is 11.9 Å². The summed E-state index contributed by atoms with van der Waals surface area (Å²) in [5, 5.41) is 4.32. The lowest BCUT2D eigenvalue weighted by atomic mass is 10.1. The van der Waals surface area contributed by atoms with E-state index in [0.717, 1.165) is 22.3 Å². The highest BCUT2D eigenvalue weighted by atomic mass is 19.1. The first-order chi connectivity index (χ1) is 15.1. The van der Waals surface area contributed by atoms with Crippen molar-refractivity contribution in [3.8, 4) is 0 Å². The van der Waals surface area contributed by atoms with Gasteiger partial charge in [-0.1, -0.05) is 30.3 Å². The van der Waals surface area contributed by atoms with Crippen molar-refractivity contribution in [3.05, 3.63) is 102 Å². The molecule has 7 heteroatoms. The zero-order chi connectivity index (χ0) is 21.6. The molecule has 0 saturated heterocycles. The van der Waals surface area contributed by atoms with Gasteiger partial charge in [0.1, 0.15) is 5.82 Å². The molecule has 4 rings (SSSR count). The minimum Gasteiger partial charge on any atom is -0.355 e. The van der Waals surface area contributed by atoms with Crippen LogP contribution in [-0.2, 0) is 11.2 Å². The molecule has 3 aromatic carbocycles. The average molecular weight is 414 g/mol. The summed E-state index contributed by atoms with van der Waals surface area (Å²) in [6, 6.07) is 22.3. The summed E-state index contributed by atoms with van der Waals surface area (Å²) >= 11 is 0. The fraction of sp³-hybridized carbons (Fsp3) is 0.0417. The number of aromatic nitrogens is 1. The number of pyridine rings is 1. The molecule has 0 radical (unpaired) electrons. The molecule has 0 aliphatic rings. The fourth-order valence-corrected chi connectivity index (χ4v) is 3.14. The van der Waals surface area contributed by atoms with E-state index < -0.39 is 17.6 Å². The maximum atomic E-state index is 13.2. The van der Waals surface area contributed by atoms with E-state index in [1.54, 1.807) is 36.5 Å². The van der Waals surface area contributed by atoms with Crippen LogP contribution in [0.5, 0.6) is 0 Å². The SMILES string of the molecule is O=C(Cc1cccc(F)c1)NNC(=O)c1ccc(Nc2ccnc3ccccc23)cc1. The molecule has 31 heavy (non-hydrogen) atoms. The summed E-state index contributed by atoms with van der Waals surface area (Å²) in [6.07, 6.45) is 1.69. The van der Waals surface area contributed by atoms with Crippen LogP contribution in [0.25, 0.3) is 10.9 Å². The van der Waals surface area contributed by atoms with E-state index in [-0.39, 0.29) is 6.42 Å². The molecule has 0 spiro atoms. The van der Waals surface area contributed by atoms with Crippen LogP contribution in [0, 0.1) is 5.82 Å². The lowest BCUT2D eigenvalue weighted by molar-refractivity contribution is -0.121. The second-order valence-electron chi connectivity index (χ2n) is 6.89. The van der Waals surface area contributed by atoms with Crippen molar-refractivity contribution in [2.24, 2.45) is 0 Å². The molecule has 154 valence electrons. The first-order valence-corrected chi connectivity index (χ1v) is 9.63. The zero-order valence-corrected chi connectivity index (χ0v) is 16.4. The van der Waals surface area contributed by atoms with Gasteiger partial charge < -0.3 is 5.32 Å². The number of amides is 2. The van der Waals surface area contributed by atoms with E-state index in [0.29, 0.717) is 11.1 Å². The van der Waals surface area contributed by atoms with Crippen LogP contribution in [0.15, 0.2) is 85.1 Å². The van der Waals surface area contributed by atoms with Crippen LogP contribution in [0.3, 0.4) is 0 Å². The van der Waals surface area contributed by atoms with Gasteiger partial charge in [0.15, 0.2) is 0 Å². The second-order valence-corrected chi connectivity index (χ2v) is 6.89. The Balaban J connectivity index is 1.35. The number of hydrogen-bond acceptors (Lipinski definition) is 4. The van der Waals surface area contributed by atoms with Crippen molar-refractivity contribution in [2.75, 3.05) is 5.32 Å². The number of hydrogen-bond donors (Lipinski definition) is 3. The lowest BCUT2D eigenvalue weighted by Crippen LogP contribution is -2.42. The van der Waals surface area contributed by atoms with Gasteiger partial charge in [-0.15, -0.1) is 0 Å². The number of carbonyl (C=O) groups is 2. The van der Waals surface area contributed by atoms with Crippen LogP contribution >= 0.6 is 0 Å². The average Bonchev–Trinajstić information content (AvgIpc) is 2.78. The molecule has 0 unspecified atom stereocenters. The summed E-state index contributed by atoms with van der Waals surface area (Å²) in [7, 11) is 0. The Morgan fingerprint density at radius 2 is 1.68 bits per heavy atom. The fourth-order valence-electron chi connectivity index (χ4n) is 3.14.